The molecule has 1 saturated heterocycles. The molecule has 1 aliphatic heterocycles. The van der Waals surface area contributed by atoms with Gasteiger partial charge in [-0.3, -0.25) is 0 Å². The Morgan fingerprint density at radius 2 is 2.38 bits per heavy atom. The fourth-order valence-corrected chi connectivity index (χ4v) is 0.958. The maximum Gasteiger partial charge on any atom is 0.0190 e. The minimum atomic E-state index is 0. The molecule has 0 saturated carbocycles. The Morgan fingerprint density at radius 1 is 1.62 bits per heavy atom. The highest BCUT2D eigenvalue weighted by molar-refractivity contribution is 4.73. The summed E-state index contributed by atoms with van der Waals surface area (Å²) >= 11 is 0. The van der Waals surface area contributed by atoms with Gasteiger partial charge >= 0.3 is 0 Å². The summed E-state index contributed by atoms with van der Waals surface area (Å²) < 4.78 is 0. The second-order valence-corrected chi connectivity index (χ2v) is 2.03. The molecule has 0 aromatic heterocycles. The van der Waals surface area contributed by atoms with E-state index in [9.17, 15) is 0 Å². The van der Waals surface area contributed by atoms with E-state index in [-0.39, 0.29) is 7.43 Å². The summed E-state index contributed by atoms with van der Waals surface area (Å²) in [6, 6.07) is 0.625. The summed E-state index contributed by atoms with van der Waals surface area (Å²) in [6.07, 6.45) is 2.58. The van der Waals surface area contributed by atoms with Crippen molar-refractivity contribution in [3.05, 3.63) is 0 Å². The van der Waals surface area contributed by atoms with Crippen LogP contribution < -0.4 is 11.1 Å². The Hall–Kier alpha value is -0.0800. The topological polar surface area (TPSA) is 38.0 Å². The lowest BCUT2D eigenvalue weighted by atomic mass is 10.2. The normalized spacial score (nSPS) is 27.4. The summed E-state index contributed by atoms with van der Waals surface area (Å²) in [5.74, 6) is 0. The summed E-state index contributed by atoms with van der Waals surface area (Å²) in [7, 11) is 0. The van der Waals surface area contributed by atoms with Crippen LogP contribution >= 0.6 is 0 Å². The summed E-state index contributed by atoms with van der Waals surface area (Å²) in [5.41, 5.74) is 5.37. The Labute approximate surface area is 51.5 Å². The van der Waals surface area contributed by atoms with Gasteiger partial charge in [0.2, 0.25) is 0 Å². The van der Waals surface area contributed by atoms with Crippen molar-refractivity contribution >= 4 is 0 Å². The third kappa shape index (κ3) is 1.80. The van der Waals surface area contributed by atoms with Crippen LogP contribution in [-0.2, 0) is 0 Å². The summed E-state index contributed by atoms with van der Waals surface area (Å²) in [5, 5.41) is 3.28. The molecule has 1 rings (SSSR count). The van der Waals surface area contributed by atoms with Crippen molar-refractivity contribution in [2.75, 3.05) is 13.1 Å². The molecule has 3 N–H and O–H groups in total. The third-order valence-electron chi connectivity index (χ3n) is 1.45. The minimum Gasteiger partial charge on any atom is -0.329 e. The fourth-order valence-electron chi connectivity index (χ4n) is 0.958. The zero-order valence-electron chi connectivity index (χ0n) is 4.48. The molecule has 0 radical (unpaired) electrons. The van der Waals surface area contributed by atoms with Gasteiger partial charge in [0, 0.05) is 12.6 Å². The van der Waals surface area contributed by atoms with Crippen LogP contribution in [-0.4, -0.2) is 19.1 Å². The first-order valence-corrected chi connectivity index (χ1v) is 2.87. The monoisotopic (exact) mass is 116 g/mol. The lowest BCUT2D eigenvalue weighted by Gasteiger charge is -2.02. The van der Waals surface area contributed by atoms with Crippen molar-refractivity contribution in [3.8, 4) is 0 Å². The maximum atomic E-state index is 5.37. The molecule has 0 amide bonds. The largest absolute Gasteiger partial charge is 0.329 e. The quantitative estimate of drug-likeness (QED) is 0.518. The fraction of sp³-hybridized carbons (Fsp3) is 1.00. The van der Waals surface area contributed by atoms with E-state index < -0.39 is 0 Å². The van der Waals surface area contributed by atoms with Crippen molar-refractivity contribution in [2.45, 2.75) is 26.3 Å². The Kier molecular flexibility index (Phi) is 3.83. The van der Waals surface area contributed by atoms with Crippen molar-refractivity contribution < 1.29 is 0 Å². The molecule has 0 bridgehead atoms. The van der Waals surface area contributed by atoms with E-state index in [4.69, 9.17) is 5.73 Å². The molecule has 0 aromatic rings. The summed E-state index contributed by atoms with van der Waals surface area (Å²) in [4.78, 5) is 0. The molecule has 1 fully saturated rings. The Balaban J connectivity index is 0.000000490. The van der Waals surface area contributed by atoms with Gasteiger partial charge in [-0.25, -0.2) is 0 Å². The number of hydrogen-bond acceptors (Lipinski definition) is 2. The van der Waals surface area contributed by atoms with E-state index in [1.54, 1.807) is 0 Å². The van der Waals surface area contributed by atoms with Crippen LogP contribution in [0.1, 0.15) is 20.3 Å². The Morgan fingerprint density at radius 3 is 2.62 bits per heavy atom. The third-order valence-corrected chi connectivity index (χ3v) is 1.45. The van der Waals surface area contributed by atoms with Gasteiger partial charge in [-0.1, -0.05) is 7.43 Å². The molecule has 1 unspecified atom stereocenters. The van der Waals surface area contributed by atoms with E-state index >= 15 is 0 Å². The molecule has 1 atom stereocenters. The average molecular weight is 116 g/mol. The molecular weight excluding hydrogens is 100 g/mol. The van der Waals surface area contributed by atoms with Crippen LogP contribution in [0.4, 0.5) is 0 Å². The highest BCUT2D eigenvalue weighted by Crippen LogP contribution is 2.01. The second kappa shape index (κ2) is 3.87. The van der Waals surface area contributed by atoms with Crippen LogP contribution in [0, 0.1) is 0 Å². The van der Waals surface area contributed by atoms with E-state index in [0.717, 1.165) is 6.54 Å². The molecule has 0 aromatic carbocycles. The van der Waals surface area contributed by atoms with Gasteiger partial charge in [0.25, 0.3) is 0 Å². The average Bonchev–Trinajstić information content (AvgIpc) is 2.14. The van der Waals surface area contributed by atoms with E-state index in [2.05, 4.69) is 5.32 Å². The maximum absolute atomic E-state index is 5.37. The van der Waals surface area contributed by atoms with Crippen LogP contribution in [0.25, 0.3) is 0 Å². The van der Waals surface area contributed by atoms with E-state index in [1.807, 2.05) is 0 Å². The zero-order chi connectivity index (χ0) is 5.11. The van der Waals surface area contributed by atoms with Crippen LogP contribution in [0.15, 0.2) is 0 Å². The van der Waals surface area contributed by atoms with Gasteiger partial charge in [0.15, 0.2) is 0 Å². The number of nitrogens with one attached hydrogen (secondary N) is 1. The molecule has 0 spiro atoms. The molecule has 8 heavy (non-hydrogen) atoms. The van der Waals surface area contributed by atoms with Gasteiger partial charge in [-0.05, 0) is 19.4 Å². The first-order valence-electron chi connectivity index (χ1n) is 2.87. The van der Waals surface area contributed by atoms with E-state index in [1.165, 1.54) is 19.4 Å². The smallest absolute Gasteiger partial charge is 0.0190 e. The minimum absolute atomic E-state index is 0. The van der Waals surface area contributed by atoms with Crippen molar-refractivity contribution in [1.29, 1.82) is 0 Å². The lowest BCUT2D eigenvalue weighted by molar-refractivity contribution is 0.616. The lowest BCUT2D eigenvalue weighted by Crippen LogP contribution is -2.29. The van der Waals surface area contributed by atoms with Gasteiger partial charge < -0.3 is 11.1 Å². The molecule has 50 valence electrons. The molecule has 2 heteroatoms. The second-order valence-electron chi connectivity index (χ2n) is 2.03. The van der Waals surface area contributed by atoms with Crippen LogP contribution in [0.2, 0.25) is 0 Å². The molecular formula is C6H16N2. The zero-order valence-corrected chi connectivity index (χ0v) is 4.48. The highest BCUT2D eigenvalue weighted by Gasteiger charge is 2.09. The summed E-state index contributed by atoms with van der Waals surface area (Å²) in [6.45, 7) is 1.97. The standard InChI is InChI=1S/C5H12N2.CH4/c6-4-5-2-1-3-7-5;/h5,7H,1-4,6H2;1H4. The number of hydrogen-bond donors (Lipinski definition) is 2. The first-order chi connectivity index (χ1) is 3.43. The first kappa shape index (κ1) is 7.92. The predicted octanol–water partition coefficient (Wildman–Crippen LogP) is 0.333. The molecule has 1 heterocycles. The van der Waals surface area contributed by atoms with Crippen molar-refractivity contribution in [2.24, 2.45) is 5.73 Å². The molecule has 1 aliphatic rings. The SMILES string of the molecule is C.NCC1CCCN1. The van der Waals surface area contributed by atoms with Gasteiger partial charge in [0.1, 0.15) is 0 Å². The number of rotatable bonds is 1. The molecule has 2 nitrogen and oxygen atoms in total. The van der Waals surface area contributed by atoms with Gasteiger partial charge in [0.05, 0.1) is 0 Å². The van der Waals surface area contributed by atoms with E-state index in [0.29, 0.717) is 6.04 Å². The van der Waals surface area contributed by atoms with Gasteiger partial charge in [-0.15, -0.1) is 0 Å². The highest BCUT2D eigenvalue weighted by atomic mass is 15.0. The predicted molar refractivity (Wildman–Crippen MR) is 36.8 cm³/mol. The van der Waals surface area contributed by atoms with Crippen LogP contribution in [0.3, 0.4) is 0 Å². The van der Waals surface area contributed by atoms with Gasteiger partial charge in [-0.2, -0.15) is 0 Å². The van der Waals surface area contributed by atoms with Crippen molar-refractivity contribution in [1.82, 2.24) is 5.32 Å². The van der Waals surface area contributed by atoms with Crippen LogP contribution in [0.5, 0.6) is 0 Å². The van der Waals surface area contributed by atoms with Crippen molar-refractivity contribution in [3.63, 3.8) is 0 Å². The Bertz CT molecular complexity index is 48.5. The number of nitrogens with two attached hydrogens (primary N) is 1. The molecule has 0 aliphatic carbocycles.